The van der Waals surface area contributed by atoms with Crippen LogP contribution in [0.15, 0.2) is 87.1 Å². The maximum atomic E-state index is 15.7. The van der Waals surface area contributed by atoms with Gasteiger partial charge in [0.05, 0.1) is 35.2 Å². The number of hydrogen-bond acceptors (Lipinski definition) is 17. The van der Waals surface area contributed by atoms with E-state index in [0.29, 0.717) is 51.9 Å². The molecule has 492 valence electrons. The molecule has 2 atom stereocenters. The summed E-state index contributed by atoms with van der Waals surface area (Å²) in [4.78, 5) is 84.5. The first-order valence-corrected chi connectivity index (χ1v) is 26.7. The molecule has 0 aliphatic heterocycles. The van der Waals surface area contributed by atoms with Gasteiger partial charge >= 0.3 is 94.8 Å². The van der Waals surface area contributed by atoms with Gasteiger partial charge in [-0.2, -0.15) is 26.3 Å². The number of carbonyl (C=O) groups is 7. The van der Waals surface area contributed by atoms with E-state index in [4.69, 9.17) is 28.4 Å². The average molecular weight is 1290 g/mol. The zero-order chi connectivity index (χ0) is 67.3. The lowest BCUT2D eigenvalue weighted by Gasteiger charge is -2.73. The van der Waals surface area contributed by atoms with Crippen molar-refractivity contribution in [3.05, 3.63) is 87.1 Å². The Balaban J connectivity index is 0.000000321. The van der Waals surface area contributed by atoms with Gasteiger partial charge < -0.3 is 42.6 Å². The highest BCUT2D eigenvalue weighted by Gasteiger charge is 3.19. The predicted octanol–water partition coefficient (Wildman–Crippen LogP) is 10.4. The Morgan fingerprint density at radius 1 is 0.455 bits per heavy atom. The quantitative estimate of drug-likeness (QED) is 0.0234. The van der Waals surface area contributed by atoms with E-state index >= 15 is 35.1 Å². The fourth-order valence-electron chi connectivity index (χ4n) is 12.0. The van der Waals surface area contributed by atoms with Crippen LogP contribution in [0.4, 0.5) is 61.5 Å². The first-order chi connectivity index (χ1) is 40.2. The maximum absolute atomic E-state index is 15.7. The smallest absolute Gasteiger partial charge is 0.462 e. The van der Waals surface area contributed by atoms with E-state index < -0.39 is 145 Å². The van der Waals surface area contributed by atoms with Gasteiger partial charge in [-0.1, -0.05) is 59.9 Å². The summed E-state index contributed by atoms with van der Waals surface area (Å²) in [6, 6.07) is 0. The molecular formula is C57H64F14O17. The van der Waals surface area contributed by atoms with Crippen molar-refractivity contribution < 1.29 is 142 Å². The third kappa shape index (κ3) is 11.3. The van der Waals surface area contributed by atoms with Crippen LogP contribution in [0.5, 0.6) is 0 Å². The maximum Gasteiger partial charge on any atom is 0.568 e. The molecule has 0 aromatic rings. The summed E-state index contributed by atoms with van der Waals surface area (Å²) in [5.41, 5.74) is -28.5. The third-order valence-electron chi connectivity index (χ3n) is 16.6. The van der Waals surface area contributed by atoms with Gasteiger partial charge in [0.25, 0.3) is 5.60 Å². The first-order valence-electron chi connectivity index (χ1n) is 26.7. The van der Waals surface area contributed by atoms with E-state index in [9.17, 15) is 59.9 Å². The lowest BCUT2D eigenvalue weighted by molar-refractivity contribution is -0.631. The molecule has 0 spiro atoms. The molecule has 0 aromatic carbocycles. The molecule has 8 aliphatic rings. The molecule has 8 bridgehead atoms. The number of ether oxygens (including phenoxy) is 10. The van der Waals surface area contributed by atoms with Crippen LogP contribution in [0, 0.1) is 28.6 Å². The van der Waals surface area contributed by atoms with E-state index in [0.717, 1.165) is 56.4 Å². The number of rotatable bonds is 28. The Hall–Kier alpha value is -6.63. The molecule has 0 radical (unpaired) electrons. The summed E-state index contributed by atoms with van der Waals surface area (Å²) in [7, 11) is 0. The van der Waals surface area contributed by atoms with Gasteiger partial charge in [-0.15, -0.1) is 0 Å². The number of alkyl halides is 14. The molecule has 0 heterocycles. The predicted molar refractivity (Wildman–Crippen MR) is 272 cm³/mol. The molecule has 31 heteroatoms. The summed E-state index contributed by atoms with van der Waals surface area (Å²) in [5, 5.41) is 0. The minimum atomic E-state index is -7.95. The fourth-order valence-corrected chi connectivity index (χ4v) is 12.0. The molecule has 0 saturated heterocycles. The Morgan fingerprint density at radius 2 is 0.739 bits per heavy atom. The Labute approximate surface area is 494 Å². The van der Waals surface area contributed by atoms with Crippen LogP contribution >= 0.6 is 0 Å². The summed E-state index contributed by atoms with van der Waals surface area (Å²) in [5.74, 6) is -60.8. The topological polar surface area (TPSA) is 212 Å². The molecule has 17 nitrogen and oxygen atoms in total. The SMILES string of the molecule is C=C(C)C(=O)OC(OC(=O)C(=C)C)(OC(=O)C(=C)C)OC12C(F)(F)C3C(F)(F)C(F)(C(F)(F)C(F)(C3(F)F)C1(F)F)C2(F)F.C=CC(=O)OCC(CC)(COC(=O)C=C)COC12CC3CC(C1)CC(OCC(CC)(COC(=O)C=C)COC(=O)C=C)(C3)C2. The van der Waals surface area contributed by atoms with Crippen molar-refractivity contribution in [2.45, 2.75) is 156 Å². The largest absolute Gasteiger partial charge is 0.568 e. The molecular weight excluding hydrogens is 1220 g/mol. The number of carbonyl (C=O) groups excluding carboxylic acids is 7. The first kappa shape index (κ1) is 72.1. The fraction of sp³-hybridized carbons (Fsp3) is 0.632. The molecule has 2 unspecified atom stereocenters. The van der Waals surface area contributed by atoms with E-state index in [1.165, 1.54) is 0 Å². The minimum absolute atomic E-state index is 0.00916. The van der Waals surface area contributed by atoms with Crippen LogP contribution in [0.3, 0.4) is 0 Å². The summed E-state index contributed by atoms with van der Waals surface area (Å²) >= 11 is 0. The van der Waals surface area contributed by atoms with Crippen molar-refractivity contribution in [3.8, 4) is 0 Å². The molecule has 8 rings (SSSR count). The van der Waals surface area contributed by atoms with E-state index in [1.54, 1.807) is 0 Å². The average Bonchev–Trinajstić information content (AvgIpc) is 0.603. The van der Waals surface area contributed by atoms with Crippen molar-refractivity contribution in [1.29, 1.82) is 0 Å². The van der Waals surface area contributed by atoms with Crippen molar-refractivity contribution in [3.63, 3.8) is 0 Å². The van der Waals surface area contributed by atoms with Crippen LogP contribution in [0.25, 0.3) is 0 Å². The normalized spacial score (nSPS) is 29.9. The highest BCUT2D eigenvalue weighted by Crippen LogP contribution is 2.87. The van der Waals surface area contributed by atoms with Crippen molar-refractivity contribution in [2.75, 3.05) is 39.6 Å². The molecule has 8 aliphatic carbocycles. The number of hydrogen-bond donors (Lipinski definition) is 0. The van der Waals surface area contributed by atoms with Gasteiger partial charge in [0.1, 0.15) is 26.4 Å². The van der Waals surface area contributed by atoms with E-state index in [1.807, 2.05) is 13.8 Å². The van der Waals surface area contributed by atoms with Crippen LogP contribution < -0.4 is 0 Å². The highest BCUT2D eigenvalue weighted by molar-refractivity contribution is 5.90. The third-order valence-corrected chi connectivity index (χ3v) is 16.6. The molecule has 8 saturated carbocycles. The van der Waals surface area contributed by atoms with E-state index in [-0.39, 0.29) is 39.6 Å². The standard InChI is InChI=1S/C34H48O10.C23H16F14O7/c1-7-27(35)39-19-31(11-5,20-40-28(36)8-2)23-43-33-14-25-13-26(15-33)17-34(16-25,18-33)44-24-32(12-6,21-41-29(37)9-3)22-42-30(38)10-4;1-7(2)10(38)41-23(42-11(39)8(3)4,43-12(40)9(5)6)44-19-16(28,29)13-14(24,25)17(30,21(19,34)35)20(32,33)18(31,15(13,26)27)22(19,36)37/h7-10,25-26H,1-4,11-24H2,5-6H3;13H,1,3,5H2,2,4,6H3. The van der Waals surface area contributed by atoms with Crippen molar-refractivity contribution in [2.24, 2.45) is 28.6 Å². The Kier molecular flexibility index (Phi) is 19.9. The van der Waals surface area contributed by atoms with Crippen molar-refractivity contribution >= 4 is 41.8 Å². The van der Waals surface area contributed by atoms with Crippen LogP contribution in [0.2, 0.25) is 0 Å². The zero-order valence-electron chi connectivity index (χ0n) is 48.1. The monoisotopic (exact) mass is 1290 g/mol. The molecule has 8 fully saturated rings. The highest BCUT2D eigenvalue weighted by atomic mass is 19.3. The number of esters is 7. The zero-order valence-corrected chi connectivity index (χ0v) is 48.1. The summed E-state index contributed by atoms with van der Waals surface area (Å²) in [6.45, 7) is 28.6. The lowest BCUT2D eigenvalue weighted by atomic mass is 9.41. The summed E-state index contributed by atoms with van der Waals surface area (Å²) < 4.78 is 265. The second-order valence-electron chi connectivity index (χ2n) is 23.0. The molecule has 0 aromatic heterocycles. The van der Waals surface area contributed by atoms with Gasteiger partial charge in [0.15, 0.2) is 5.92 Å². The summed E-state index contributed by atoms with van der Waals surface area (Å²) in [6.07, 6.45) is 5.40. The van der Waals surface area contributed by atoms with Gasteiger partial charge in [-0.05, 0) is 77.6 Å². The second-order valence-corrected chi connectivity index (χ2v) is 23.0. The van der Waals surface area contributed by atoms with Gasteiger partial charge in [-0.3, -0.25) is 0 Å². The van der Waals surface area contributed by atoms with Crippen LogP contribution in [-0.2, 0) is 80.9 Å². The minimum Gasteiger partial charge on any atom is -0.462 e. The van der Waals surface area contributed by atoms with Gasteiger partial charge in [-0.25, -0.2) is 73.4 Å². The van der Waals surface area contributed by atoms with Crippen molar-refractivity contribution in [1.82, 2.24) is 0 Å². The van der Waals surface area contributed by atoms with Crippen LogP contribution in [-0.4, -0.2) is 151 Å². The molecule has 88 heavy (non-hydrogen) atoms. The Bertz CT molecular complexity index is 2630. The molecule has 0 amide bonds. The number of halogens is 14. The second kappa shape index (κ2) is 24.3. The molecule has 0 N–H and O–H groups in total. The van der Waals surface area contributed by atoms with Gasteiger partial charge in [0, 0.05) is 47.4 Å². The van der Waals surface area contributed by atoms with E-state index in [2.05, 4.69) is 65.0 Å². The van der Waals surface area contributed by atoms with Crippen LogP contribution in [0.1, 0.15) is 86.0 Å². The lowest BCUT2D eigenvalue weighted by Crippen LogP contribution is -3.06. The Morgan fingerprint density at radius 3 is 0.989 bits per heavy atom. The van der Waals surface area contributed by atoms with Gasteiger partial charge in [0.2, 0.25) is 0 Å².